The topological polar surface area (TPSA) is 93.7 Å². The van der Waals surface area contributed by atoms with Gasteiger partial charge in [0.05, 0.1) is 19.6 Å². The SMILES string of the molecule is CCc1ccccc1NC(=O)CNC(=O)COC(=O)CCOc1ccc(C)cc1. The molecule has 2 rings (SSSR count). The smallest absolute Gasteiger partial charge is 0.309 e. The number of esters is 1. The molecule has 2 amide bonds. The molecule has 0 bridgehead atoms. The minimum Gasteiger partial charge on any atom is -0.493 e. The lowest BCUT2D eigenvalue weighted by atomic mass is 10.1. The first-order chi connectivity index (χ1) is 14.0. The molecular formula is C22H26N2O5. The highest BCUT2D eigenvalue weighted by atomic mass is 16.5. The van der Waals surface area contributed by atoms with Gasteiger partial charge in [0.25, 0.3) is 5.91 Å². The molecule has 0 spiro atoms. The largest absolute Gasteiger partial charge is 0.493 e. The Kier molecular flexibility index (Phi) is 8.69. The van der Waals surface area contributed by atoms with Crippen LogP contribution in [0.2, 0.25) is 0 Å². The Bertz CT molecular complexity index is 833. The Morgan fingerprint density at radius 3 is 2.41 bits per heavy atom. The van der Waals surface area contributed by atoms with Crippen LogP contribution in [-0.4, -0.2) is 37.5 Å². The number of para-hydroxylation sites is 1. The first-order valence-corrected chi connectivity index (χ1v) is 9.47. The van der Waals surface area contributed by atoms with Crippen molar-refractivity contribution in [2.75, 3.05) is 25.1 Å². The Morgan fingerprint density at radius 2 is 1.69 bits per heavy atom. The molecule has 7 heteroatoms. The number of anilines is 1. The van der Waals surface area contributed by atoms with E-state index < -0.39 is 18.5 Å². The van der Waals surface area contributed by atoms with Crippen LogP contribution in [0.5, 0.6) is 5.75 Å². The van der Waals surface area contributed by atoms with E-state index in [4.69, 9.17) is 9.47 Å². The third-order valence-electron chi connectivity index (χ3n) is 4.08. The number of benzene rings is 2. The lowest BCUT2D eigenvalue weighted by Gasteiger charge is -2.10. The van der Waals surface area contributed by atoms with Crippen molar-refractivity contribution in [3.8, 4) is 5.75 Å². The van der Waals surface area contributed by atoms with E-state index >= 15 is 0 Å². The molecule has 0 saturated carbocycles. The van der Waals surface area contributed by atoms with Crippen LogP contribution in [0.15, 0.2) is 48.5 Å². The van der Waals surface area contributed by atoms with Crippen molar-refractivity contribution >= 4 is 23.5 Å². The lowest BCUT2D eigenvalue weighted by Crippen LogP contribution is -2.35. The highest BCUT2D eigenvalue weighted by Crippen LogP contribution is 2.15. The van der Waals surface area contributed by atoms with E-state index in [0.29, 0.717) is 11.4 Å². The molecule has 0 aliphatic carbocycles. The van der Waals surface area contributed by atoms with E-state index in [-0.39, 0.29) is 25.5 Å². The maximum absolute atomic E-state index is 12.0. The molecule has 0 radical (unpaired) electrons. The van der Waals surface area contributed by atoms with E-state index in [1.807, 2.05) is 56.3 Å². The maximum atomic E-state index is 12.0. The number of hydrogen-bond acceptors (Lipinski definition) is 5. The minimum absolute atomic E-state index is 0.0233. The summed E-state index contributed by atoms with van der Waals surface area (Å²) in [6.07, 6.45) is 0.807. The monoisotopic (exact) mass is 398 g/mol. The fourth-order valence-corrected chi connectivity index (χ4v) is 2.48. The number of nitrogens with one attached hydrogen (secondary N) is 2. The molecule has 0 heterocycles. The van der Waals surface area contributed by atoms with Crippen molar-refractivity contribution in [2.45, 2.75) is 26.7 Å². The van der Waals surface area contributed by atoms with Crippen LogP contribution >= 0.6 is 0 Å². The number of aryl methyl sites for hydroxylation is 2. The van der Waals surface area contributed by atoms with Crippen LogP contribution in [0.4, 0.5) is 5.69 Å². The molecule has 0 atom stereocenters. The second kappa shape index (κ2) is 11.5. The van der Waals surface area contributed by atoms with Gasteiger partial charge in [0.2, 0.25) is 5.91 Å². The van der Waals surface area contributed by atoms with Gasteiger partial charge >= 0.3 is 5.97 Å². The van der Waals surface area contributed by atoms with Gasteiger partial charge < -0.3 is 20.1 Å². The van der Waals surface area contributed by atoms with Crippen molar-refractivity contribution in [1.29, 1.82) is 0 Å². The Hall–Kier alpha value is -3.35. The molecule has 2 aromatic carbocycles. The second-order valence-corrected chi connectivity index (χ2v) is 6.41. The first kappa shape index (κ1) is 21.9. The van der Waals surface area contributed by atoms with Gasteiger partial charge in [-0.2, -0.15) is 0 Å². The van der Waals surface area contributed by atoms with Crippen LogP contribution in [-0.2, 0) is 25.5 Å². The lowest BCUT2D eigenvalue weighted by molar-refractivity contribution is -0.149. The average molecular weight is 398 g/mol. The molecule has 154 valence electrons. The first-order valence-electron chi connectivity index (χ1n) is 9.47. The van der Waals surface area contributed by atoms with Crippen LogP contribution in [0.1, 0.15) is 24.5 Å². The van der Waals surface area contributed by atoms with Gasteiger partial charge in [-0.25, -0.2) is 0 Å². The molecule has 2 aromatic rings. The summed E-state index contributed by atoms with van der Waals surface area (Å²) < 4.78 is 10.3. The summed E-state index contributed by atoms with van der Waals surface area (Å²) in [7, 11) is 0. The summed E-state index contributed by atoms with van der Waals surface area (Å²) >= 11 is 0. The highest BCUT2D eigenvalue weighted by molar-refractivity contribution is 5.95. The summed E-state index contributed by atoms with van der Waals surface area (Å²) in [6, 6.07) is 14.9. The minimum atomic E-state index is -0.548. The predicted octanol–water partition coefficient (Wildman–Crippen LogP) is 2.62. The van der Waals surface area contributed by atoms with Gasteiger partial charge in [-0.05, 0) is 37.1 Å². The molecule has 29 heavy (non-hydrogen) atoms. The van der Waals surface area contributed by atoms with Gasteiger partial charge in [0.15, 0.2) is 6.61 Å². The zero-order valence-electron chi connectivity index (χ0n) is 16.7. The van der Waals surface area contributed by atoms with Crippen molar-refractivity contribution in [1.82, 2.24) is 5.32 Å². The molecule has 0 fully saturated rings. The summed E-state index contributed by atoms with van der Waals surface area (Å²) in [5.74, 6) is -0.779. The van der Waals surface area contributed by atoms with Crippen molar-refractivity contribution in [3.63, 3.8) is 0 Å². The molecule has 7 nitrogen and oxygen atoms in total. The number of carbonyl (C=O) groups excluding carboxylic acids is 3. The van der Waals surface area contributed by atoms with E-state index in [2.05, 4.69) is 10.6 Å². The Morgan fingerprint density at radius 1 is 0.966 bits per heavy atom. The molecule has 2 N–H and O–H groups in total. The number of amides is 2. The van der Waals surface area contributed by atoms with E-state index in [9.17, 15) is 14.4 Å². The average Bonchev–Trinajstić information content (AvgIpc) is 2.72. The van der Waals surface area contributed by atoms with Crippen molar-refractivity contribution < 1.29 is 23.9 Å². The van der Waals surface area contributed by atoms with Crippen LogP contribution in [0.3, 0.4) is 0 Å². The van der Waals surface area contributed by atoms with Crippen LogP contribution in [0.25, 0.3) is 0 Å². The normalized spacial score (nSPS) is 10.1. The molecule has 0 unspecified atom stereocenters. The number of carbonyl (C=O) groups is 3. The standard InChI is InChI=1S/C22H26N2O5/c1-3-17-6-4-5-7-19(17)24-20(25)14-23-21(26)15-29-22(27)12-13-28-18-10-8-16(2)9-11-18/h4-11H,3,12-15H2,1-2H3,(H,23,26)(H,24,25). The number of ether oxygens (including phenoxy) is 2. The maximum Gasteiger partial charge on any atom is 0.309 e. The number of rotatable bonds is 10. The molecule has 0 aliphatic heterocycles. The Balaban J connectivity index is 1.61. The second-order valence-electron chi connectivity index (χ2n) is 6.41. The van der Waals surface area contributed by atoms with Crippen molar-refractivity contribution in [3.05, 3.63) is 59.7 Å². The summed E-state index contributed by atoms with van der Waals surface area (Å²) in [5.41, 5.74) is 2.84. The van der Waals surface area contributed by atoms with Crippen LogP contribution < -0.4 is 15.4 Å². The van der Waals surface area contributed by atoms with Gasteiger partial charge in [-0.3, -0.25) is 14.4 Å². The zero-order valence-corrected chi connectivity index (χ0v) is 16.7. The molecule has 0 saturated heterocycles. The third-order valence-corrected chi connectivity index (χ3v) is 4.08. The summed E-state index contributed by atoms with van der Waals surface area (Å²) in [5, 5.41) is 5.17. The number of hydrogen-bond donors (Lipinski definition) is 2. The quantitative estimate of drug-likeness (QED) is 0.600. The van der Waals surface area contributed by atoms with Crippen molar-refractivity contribution in [2.24, 2.45) is 0 Å². The molecule has 0 aliphatic rings. The summed E-state index contributed by atoms with van der Waals surface area (Å²) in [4.78, 5) is 35.4. The van der Waals surface area contributed by atoms with Gasteiger partial charge in [0, 0.05) is 5.69 Å². The van der Waals surface area contributed by atoms with E-state index in [1.165, 1.54) is 0 Å². The predicted molar refractivity (Wildman–Crippen MR) is 110 cm³/mol. The van der Waals surface area contributed by atoms with E-state index in [1.54, 1.807) is 6.07 Å². The van der Waals surface area contributed by atoms with Gasteiger partial charge in [0.1, 0.15) is 5.75 Å². The highest BCUT2D eigenvalue weighted by Gasteiger charge is 2.10. The van der Waals surface area contributed by atoms with E-state index in [0.717, 1.165) is 17.5 Å². The fourth-order valence-electron chi connectivity index (χ4n) is 2.48. The Labute approximate surface area is 170 Å². The molecular weight excluding hydrogens is 372 g/mol. The zero-order chi connectivity index (χ0) is 21.1. The van der Waals surface area contributed by atoms with Crippen LogP contribution in [0, 0.1) is 6.92 Å². The van der Waals surface area contributed by atoms with Gasteiger partial charge in [-0.15, -0.1) is 0 Å². The van der Waals surface area contributed by atoms with Gasteiger partial charge in [-0.1, -0.05) is 42.8 Å². The molecule has 0 aromatic heterocycles. The fraction of sp³-hybridized carbons (Fsp3) is 0.318. The third kappa shape index (κ3) is 8.04. The summed E-state index contributed by atoms with van der Waals surface area (Å²) in [6.45, 7) is 3.47.